The van der Waals surface area contributed by atoms with Crippen LogP contribution >= 0.6 is 23.2 Å². The fraction of sp³-hybridized carbons (Fsp3) is 0.529. The van der Waals surface area contributed by atoms with Crippen molar-refractivity contribution in [1.29, 1.82) is 0 Å². The van der Waals surface area contributed by atoms with Gasteiger partial charge in [-0.2, -0.15) is 0 Å². The van der Waals surface area contributed by atoms with Gasteiger partial charge in [-0.3, -0.25) is 9.59 Å². The molecule has 1 aliphatic carbocycles. The monoisotopic (exact) mass is 369 g/mol. The second kappa shape index (κ2) is 6.12. The molecule has 3 rings (SSSR count). The fourth-order valence-electron chi connectivity index (χ4n) is 3.11. The number of piperidine rings is 1. The average molecular weight is 370 g/mol. The lowest BCUT2D eigenvalue weighted by Crippen LogP contribution is -2.32. The third-order valence-corrected chi connectivity index (χ3v) is 6.09. The lowest BCUT2D eigenvalue weighted by molar-refractivity contribution is -0.120. The van der Waals surface area contributed by atoms with Crippen LogP contribution in [-0.2, 0) is 4.79 Å². The maximum atomic E-state index is 12.6. The van der Waals surface area contributed by atoms with Crippen LogP contribution in [0.5, 0.6) is 0 Å². The number of carbonyl (C=O) groups excluding carboxylic acids is 2. The topological polar surface area (TPSA) is 75.4 Å². The van der Waals surface area contributed by atoms with Crippen molar-refractivity contribution in [3.63, 3.8) is 0 Å². The van der Waals surface area contributed by atoms with Gasteiger partial charge in [0.2, 0.25) is 11.8 Å². The molecule has 1 heterocycles. The fourth-order valence-corrected chi connectivity index (χ4v) is 3.81. The predicted octanol–water partition coefficient (Wildman–Crippen LogP) is 3.30. The Morgan fingerprint density at radius 2 is 1.83 bits per heavy atom. The summed E-state index contributed by atoms with van der Waals surface area (Å²) in [6.45, 7) is 3.58. The summed E-state index contributed by atoms with van der Waals surface area (Å²) in [4.78, 5) is 26.3. The number of nitrogens with two attached hydrogens (primary N) is 1. The molecule has 0 spiro atoms. The summed E-state index contributed by atoms with van der Waals surface area (Å²) < 4.78 is -1.04. The van der Waals surface area contributed by atoms with Gasteiger partial charge < -0.3 is 16.0 Å². The van der Waals surface area contributed by atoms with Crippen molar-refractivity contribution in [2.24, 2.45) is 11.1 Å². The number of hydrogen-bond acceptors (Lipinski definition) is 3. The highest BCUT2D eigenvalue weighted by Crippen LogP contribution is 2.64. The Bertz CT molecular complexity index is 686. The van der Waals surface area contributed by atoms with E-state index in [1.54, 1.807) is 19.1 Å². The molecule has 3 N–H and O–H groups in total. The van der Waals surface area contributed by atoms with Crippen LogP contribution in [0.25, 0.3) is 0 Å². The van der Waals surface area contributed by atoms with Gasteiger partial charge in [0.1, 0.15) is 4.33 Å². The minimum absolute atomic E-state index is 0.243. The van der Waals surface area contributed by atoms with Crippen molar-refractivity contribution in [2.45, 2.75) is 36.9 Å². The Kier molecular flexibility index (Phi) is 4.43. The zero-order chi connectivity index (χ0) is 17.5. The number of amides is 2. The predicted molar refractivity (Wildman–Crippen MR) is 96.8 cm³/mol. The molecule has 1 atom stereocenters. The van der Waals surface area contributed by atoms with Gasteiger partial charge in [0.15, 0.2) is 0 Å². The second-order valence-corrected chi connectivity index (χ2v) is 8.30. The van der Waals surface area contributed by atoms with Crippen LogP contribution in [0.15, 0.2) is 18.2 Å². The summed E-state index contributed by atoms with van der Waals surface area (Å²) in [5.41, 5.74) is 6.39. The Balaban J connectivity index is 1.90. The minimum Gasteiger partial charge on any atom is -0.370 e. The molecule has 1 aliphatic heterocycles. The van der Waals surface area contributed by atoms with Crippen molar-refractivity contribution in [3.05, 3.63) is 23.8 Å². The van der Waals surface area contributed by atoms with E-state index in [0.29, 0.717) is 17.7 Å². The summed E-state index contributed by atoms with van der Waals surface area (Å²) in [5.74, 6) is -0.773. The summed E-state index contributed by atoms with van der Waals surface area (Å²) >= 11 is 12.2. The van der Waals surface area contributed by atoms with Crippen LogP contribution < -0.4 is 16.0 Å². The lowest BCUT2D eigenvalue weighted by atomic mass is 10.1. The summed E-state index contributed by atoms with van der Waals surface area (Å²) in [7, 11) is 0. The summed E-state index contributed by atoms with van der Waals surface area (Å²) in [6, 6.07) is 5.15. The summed E-state index contributed by atoms with van der Waals surface area (Å²) in [6.07, 6.45) is 3.82. The average Bonchev–Trinajstić information content (AvgIpc) is 3.07. The van der Waals surface area contributed by atoms with Crippen molar-refractivity contribution in [3.8, 4) is 0 Å². The Morgan fingerprint density at radius 1 is 1.21 bits per heavy atom. The molecule has 2 fully saturated rings. The number of benzene rings is 1. The van der Waals surface area contributed by atoms with Crippen LogP contribution in [0.3, 0.4) is 0 Å². The highest BCUT2D eigenvalue weighted by Gasteiger charge is 2.67. The highest BCUT2D eigenvalue weighted by molar-refractivity contribution is 6.53. The van der Waals surface area contributed by atoms with E-state index in [1.807, 2.05) is 6.07 Å². The van der Waals surface area contributed by atoms with Crippen LogP contribution in [0, 0.1) is 5.41 Å². The number of nitrogens with one attached hydrogen (secondary N) is 1. The quantitative estimate of drug-likeness (QED) is 0.799. The van der Waals surface area contributed by atoms with Gasteiger partial charge in [-0.15, -0.1) is 23.2 Å². The van der Waals surface area contributed by atoms with Gasteiger partial charge in [-0.25, -0.2) is 0 Å². The number of hydrogen-bond donors (Lipinski definition) is 2. The van der Waals surface area contributed by atoms with Crippen LogP contribution in [0.2, 0.25) is 0 Å². The molecule has 0 aromatic heterocycles. The third-order valence-electron chi connectivity index (χ3n) is 4.99. The molecule has 7 heteroatoms. The van der Waals surface area contributed by atoms with E-state index in [1.165, 1.54) is 6.42 Å². The van der Waals surface area contributed by atoms with Gasteiger partial charge in [0.05, 0.1) is 16.8 Å². The van der Waals surface area contributed by atoms with Crippen molar-refractivity contribution in [1.82, 2.24) is 0 Å². The van der Waals surface area contributed by atoms with E-state index >= 15 is 0 Å². The zero-order valence-corrected chi connectivity index (χ0v) is 15.1. The van der Waals surface area contributed by atoms with Gasteiger partial charge in [-0.1, -0.05) is 0 Å². The van der Waals surface area contributed by atoms with Gasteiger partial charge >= 0.3 is 0 Å². The largest absolute Gasteiger partial charge is 0.370 e. The molecular weight excluding hydrogens is 349 g/mol. The molecule has 5 nitrogen and oxygen atoms in total. The molecule has 0 bridgehead atoms. The first-order valence-corrected chi connectivity index (χ1v) is 8.88. The molecule has 0 radical (unpaired) electrons. The molecule has 24 heavy (non-hydrogen) atoms. The normalized spacial score (nSPS) is 25.2. The SMILES string of the molecule is CC1(C(=O)Nc2cc(C(N)=O)ccc2N2CCCCC2)CC1(Cl)Cl. The number of nitrogens with zero attached hydrogens (tertiary/aromatic N) is 1. The van der Waals surface area contributed by atoms with Crippen molar-refractivity contribution >= 4 is 46.4 Å². The van der Waals surface area contributed by atoms with Gasteiger partial charge in [0, 0.05) is 18.7 Å². The highest BCUT2D eigenvalue weighted by atomic mass is 35.5. The first kappa shape index (κ1) is 17.4. The smallest absolute Gasteiger partial charge is 0.248 e. The molecule has 1 saturated carbocycles. The molecule has 130 valence electrons. The van der Waals surface area contributed by atoms with Crippen LogP contribution in [0.4, 0.5) is 11.4 Å². The standard InChI is InChI=1S/C17H21Cl2N3O2/c1-16(10-17(16,18)19)15(24)21-12-9-11(14(20)23)5-6-13(12)22-7-3-2-4-8-22/h5-6,9H,2-4,7-8,10H2,1H3,(H2,20,23)(H,21,24). The molecule has 1 saturated heterocycles. The van der Waals surface area contributed by atoms with Crippen molar-refractivity contribution < 1.29 is 9.59 Å². The maximum absolute atomic E-state index is 12.6. The number of halogens is 2. The van der Waals surface area contributed by atoms with E-state index in [2.05, 4.69) is 10.2 Å². The van der Waals surface area contributed by atoms with E-state index < -0.39 is 15.7 Å². The third kappa shape index (κ3) is 3.07. The lowest BCUT2D eigenvalue weighted by Gasteiger charge is -2.31. The second-order valence-electron chi connectivity index (χ2n) is 6.81. The number of anilines is 2. The van der Waals surface area contributed by atoms with Crippen molar-refractivity contribution in [2.75, 3.05) is 23.3 Å². The first-order chi connectivity index (χ1) is 11.2. The number of alkyl halides is 2. The maximum Gasteiger partial charge on any atom is 0.248 e. The van der Waals surface area contributed by atoms with E-state index in [0.717, 1.165) is 31.6 Å². The number of rotatable bonds is 4. The van der Waals surface area contributed by atoms with Gasteiger partial charge in [0.25, 0.3) is 0 Å². The minimum atomic E-state index is -1.04. The van der Waals surface area contributed by atoms with E-state index in [4.69, 9.17) is 28.9 Å². The Labute approximate surface area is 151 Å². The Morgan fingerprint density at radius 3 is 2.38 bits per heavy atom. The molecule has 1 aromatic carbocycles. The molecular formula is C17H21Cl2N3O2. The van der Waals surface area contributed by atoms with Gasteiger partial charge in [-0.05, 0) is 50.8 Å². The molecule has 2 aliphatic rings. The molecule has 2 amide bonds. The van der Waals surface area contributed by atoms with E-state index in [9.17, 15) is 9.59 Å². The molecule has 1 unspecified atom stereocenters. The zero-order valence-electron chi connectivity index (χ0n) is 13.6. The number of primary amides is 1. The number of carbonyl (C=O) groups is 2. The molecule has 1 aromatic rings. The van der Waals surface area contributed by atoms with E-state index in [-0.39, 0.29) is 5.91 Å². The van der Waals surface area contributed by atoms with Crippen LogP contribution in [0.1, 0.15) is 43.0 Å². The Hall–Kier alpha value is -1.46. The van der Waals surface area contributed by atoms with Crippen LogP contribution in [-0.4, -0.2) is 29.2 Å². The summed E-state index contributed by atoms with van der Waals surface area (Å²) in [5, 5.41) is 2.90. The first-order valence-electron chi connectivity index (χ1n) is 8.13.